The highest BCUT2D eigenvalue weighted by atomic mass is 32.2. The Morgan fingerprint density at radius 2 is 1.25 bits per heavy atom. The standard InChI is InChI=1S/C5H9NO.C4H8O2.C3H8O3S/c1-4(2)5(7)6-3;1-3(2)4(5)6;1-3(2)7(4,5)6/h4H,3H2,1-2H3;3H,1-2H3,(H,5,6);3H,1-2H3,(H,4,5,6). The lowest BCUT2D eigenvalue weighted by atomic mass is 10.2. The van der Waals surface area contributed by atoms with Crippen LogP contribution in [0.5, 0.6) is 0 Å². The molecule has 0 saturated heterocycles. The fourth-order valence-corrected chi connectivity index (χ4v) is 0.183. The Labute approximate surface area is 120 Å². The number of carbonyl (C=O) groups is 2. The van der Waals surface area contributed by atoms with Crippen LogP contribution in [0, 0.1) is 11.8 Å². The van der Waals surface area contributed by atoms with E-state index in [1.54, 1.807) is 27.7 Å². The third-order valence-corrected chi connectivity index (χ3v) is 2.93. The Morgan fingerprint density at radius 1 is 1.00 bits per heavy atom. The first-order chi connectivity index (χ1) is 8.77. The van der Waals surface area contributed by atoms with Crippen molar-refractivity contribution in [2.75, 3.05) is 0 Å². The molecule has 0 radical (unpaired) electrons. The van der Waals surface area contributed by atoms with Gasteiger partial charge >= 0.3 is 5.97 Å². The van der Waals surface area contributed by atoms with Crippen LogP contribution in [-0.2, 0) is 19.7 Å². The highest BCUT2D eigenvalue weighted by molar-refractivity contribution is 7.86. The fraction of sp³-hybridized carbons (Fsp3) is 0.750. The molecule has 0 bridgehead atoms. The van der Waals surface area contributed by atoms with E-state index in [4.69, 9.17) is 9.66 Å². The molecular weight excluding hydrogens is 286 g/mol. The van der Waals surface area contributed by atoms with E-state index in [1.165, 1.54) is 13.8 Å². The van der Waals surface area contributed by atoms with E-state index >= 15 is 0 Å². The lowest BCUT2D eigenvalue weighted by Crippen LogP contribution is -2.10. The van der Waals surface area contributed by atoms with Crippen LogP contribution >= 0.6 is 0 Å². The van der Waals surface area contributed by atoms with E-state index < -0.39 is 21.3 Å². The number of rotatable bonds is 3. The Bertz CT molecular complexity index is 398. The van der Waals surface area contributed by atoms with Crippen LogP contribution in [0.15, 0.2) is 4.99 Å². The van der Waals surface area contributed by atoms with Crippen LogP contribution in [0.1, 0.15) is 41.5 Å². The molecular formula is C12H25NO6S. The molecule has 0 aliphatic carbocycles. The zero-order chi connectivity index (χ0) is 17.1. The van der Waals surface area contributed by atoms with E-state index in [9.17, 15) is 18.0 Å². The molecule has 7 nitrogen and oxygen atoms in total. The average Bonchev–Trinajstić information content (AvgIpc) is 2.27. The maximum atomic E-state index is 10.3. The number of nitrogens with zero attached hydrogens (tertiary/aromatic N) is 1. The normalized spacial score (nSPS) is 10.3. The van der Waals surface area contributed by atoms with Gasteiger partial charge in [-0.25, -0.2) is 4.99 Å². The first-order valence-electron chi connectivity index (χ1n) is 5.96. The number of amides is 1. The molecule has 0 saturated carbocycles. The minimum Gasteiger partial charge on any atom is -0.481 e. The second kappa shape index (κ2) is 11.5. The van der Waals surface area contributed by atoms with Gasteiger partial charge in [0, 0.05) is 5.92 Å². The predicted octanol–water partition coefficient (Wildman–Crippen LogP) is 1.88. The number of hydrogen-bond donors (Lipinski definition) is 2. The van der Waals surface area contributed by atoms with Crippen molar-refractivity contribution in [1.82, 2.24) is 0 Å². The molecule has 0 aliphatic heterocycles. The zero-order valence-electron chi connectivity index (χ0n) is 12.8. The molecule has 1 amide bonds. The van der Waals surface area contributed by atoms with Gasteiger partial charge < -0.3 is 5.11 Å². The molecule has 0 aromatic heterocycles. The lowest BCUT2D eigenvalue weighted by Gasteiger charge is -1.94. The van der Waals surface area contributed by atoms with Crippen LogP contribution in [0.3, 0.4) is 0 Å². The molecule has 0 fully saturated rings. The zero-order valence-corrected chi connectivity index (χ0v) is 13.6. The van der Waals surface area contributed by atoms with Crippen molar-refractivity contribution in [1.29, 1.82) is 0 Å². The molecule has 0 atom stereocenters. The smallest absolute Gasteiger partial charge is 0.305 e. The average molecular weight is 311 g/mol. The molecule has 0 heterocycles. The quantitative estimate of drug-likeness (QED) is 0.606. The van der Waals surface area contributed by atoms with Crippen molar-refractivity contribution >= 4 is 28.7 Å². The second-order valence-corrected chi connectivity index (χ2v) is 6.68. The minimum absolute atomic E-state index is 0.00231. The van der Waals surface area contributed by atoms with Gasteiger partial charge in [-0.3, -0.25) is 14.1 Å². The molecule has 0 aliphatic rings. The Kier molecular flexibility index (Phi) is 13.7. The van der Waals surface area contributed by atoms with E-state index in [-0.39, 0.29) is 17.7 Å². The molecule has 2 N–H and O–H groups in total. The molecule has 0 aromatic rings. The summed E-state index contributed by atoms with van der Waals surface area (Å²) in [6.45, 7) is 12.8. The predicted molar refractivity (Wildman–Crippen MR) is 78.6 cm³/mol. The molecule has 0 aromatic carbocycles. The summed E-state index contributed by atoms with van der Waals surface area (Å²) in [5, 5.41) is 7.32. The maximum absolute atomic E-state index is 10.3. The molecule has 8 heteroatoms. The highest BCUT2D eigenvalue weighted by Gasteiger charge is 2.08. The highest BCUT2D eigenvalue weighted by Crippen LogP contribution is 1.92. The van der Waals surface area contributed by atoms with Gasteiger partial charge in [-0.05, 0) is 20.6 Å². The van der Waals surface area contributed by atoms with Crippen molar-refractivity contribution in [2.45, 2.75) is 46.8 Å². The number of carboxylic acids is 1. The largest absolute Gasteiger partial charge is 0.481 e. The van der Waals surface area contributed by atoms with Gasteiger partial charge in [-0.2, -0.15) is 8.42 Å². The third-order valence-electron chi connectivity index (χ3n) is 1.74. The topological polar surface area (TPSA) is 121 Å². The number of aliphatic carboxylic acids is 1. The first-order valence-corrected chi connectivity index (χ1v) is 7.47. The molecule has 120 valence electrons. The summed E-state index contributed by atoms with van der Waals surface area (Å²) in [7, 11) is -3.74. The van der Waals surface area contributed by atoms with Crippen molar-refractivity contribution in [3.05, 3.63) is 0 Å². The number of carbonyl (C=O) groups excluding carboxylic acids is 1. The fourth-order valence-electron chi connectivity index (χ4n) is 0.183. The number of carboxylic acid groups (broad SMARTS) is 1. The van der Waals surface area contributed by atoms with Crippen molar-refractivity contribution in [3.63, 3.8) is 0 Å². The number of aliphatic imine (C=N–C) groups is 1. The Hall–Kier alpha value is -1.28. The minimum atomic E-state index is -3.74. The summed E-state index contributed by atoms with van der Waals surface area (Å²) in [6.07, 6.45) is 0. The van der Waals surface area contributed by atoms with E-state index in [1.807, 2.05) is 0 Å². The lowest BCUT2D eigenvalue weighted by molar-refractivity contribution is -0.140. The maximum Gasteiger partial charge on any atom is 0.305 e. The van der Waals surface area contributed by atoms with Crippen molar-refractivity contribution in [3.8, 4) is 0 Å². The Balaban J connectivity index is -0.000000218. The van der Waals surface area contributed by atoms with Crippen LogP contribution in [0.2, 0.25) is 0 Å². The molecule has 0 spiro atoms. The van der Waals surface area contributed by atoms with E-state index in [0.29, 0.717) is 0 Å². The molecule has 0 rings (SSSR count). The first kappa shape index (κ1) is 23.8. The summed E-state index contributed by atoms with van der Waals surface area (Å²) < 4.78 is 27.8. The van der Waals surface area contributed by atoms with Crippen LogP contribution in [-0.4, -0.2) is 41.9 Å². The van der Waals surface area contributed by atoms with Gasteiger partial charge in [-0.15, -0.1) is 0 Å². The second-order valence-electron chi connectivity index (χ2n) is 4.71. The SMILES string of the molecule is C=NC(=O)C(C)C.CC(C)C(=O)O.CC(C)S(=O)(=O)O. The summed E-state index contributed by atoms with van der Waals surface area (Å²) in [6, 6.07) is 0. The van der Waals surface area contributed by atoms with Crippen LogP contribution < -0.4 is 0 Å². The van der Waals surface area contributed by atoms with E-state index in [0.717, 1.165) is 0 Å². The van der Waals surface area contributed by atoms with E-state index in [2.05, 4.69) is 11.7 Å². The third kappa shape index (κ3) is 19.1. The summed E-state index contributed by atoms with van der Waals surface area (Å²) in [4.78, 5) is 23.2. The van der Waals surface area contributed by atoms with Gasteiger partial charge in [0.25, 0.3) is 10.1 Å². The van der Waals surface area contributed by atoms with Gasteiger partial charge in [0.05, 0.1) is 11.2 Å². The van der Waals surface area contributed by atoms with Crippen molar-refractivity contribution < 1.29 is 27.7 Å². The summed E-state index contributed by atoms with van der Waals surface area (Å²) in [5.74, 6) is -1.11. The van der Waals surface area contributed by atoms with Gasteiger partial charge in [-0.1, -0.05) is 27.7 Å². The van der Waals surface area contributed by atoms with Gasteiger partial charge in [0.2, 0.25) is 5.91 Å². The number of hydrogen-bond acceptors (Lipinski definition) is 4. The van der Waals surface area contributed by atoms with Gasteiger partial charge in [0.1, 0.15) is 0 Å². The Morgan fingerprint density at radius 3 is 1.25 bits per heavy atom. The van der Waals surface area contributed by atoms with Gasteiger partial charge in [0.15, 0.2) is 0 Å². The van der Waals surface area contributed by atoms with Crippen molar-refractivity contribution in [2.24, 2.45) is 16.8 Å². The molecule has 0 unspecified atom stereocenters. The molecule has 20 heavy (non-hydrogen) atoms. The van der Waals surface area contributed by atoms with Crippen LogP contribution in [0.4, 0.5) is 0 Å². The summed E-state index contributed by atoms with van der Waals surface area (Å²) >= 11 is 0. The van der Waals surface area contributed by atoms with Crippen LogP contribution in [0.25, 0.3) is 0 Å². The monoisotopic (exact) mass is 311 g/mol. The summed E-state index contributed by atoms with van der Waals surface area (Å²) in [5.41, 5.74) is 0.